The van der Waals surface area contributed by atoms with Gasteiger partial charge in [0.1, 0.15) is 0 Å². The number of aromatic nitrogens is 1. The summed E-state index contributed by atoms with van der Waals surface area (Å²) in [7, 11) is 0. The van der Waals surface area contributed by atoms with Crippen molar-refractivity contribution in [3.8, 4) is 0 Å². The molecule has 0 radical (unpaired) electrons. The van der Waals surface area contributed by atoms with Gasteiger partial charge in [-0.1, -0.05) is 5.16 Å². The fourth-order valence-corrected chi connectivity index (χ4v) is 3.98. The molecule has 2 aromatic rings. The smallest absolute Gasteiger partial charge is 0.251 e. The van der Waals surface area contributed by atoms with Crippen LogP contribution >= 0.6 is 0 Å². The predicted octanol–water partition coefficient (Wildman–Crippen LogP) is 2.35. The molecule has 1 aromatic heterocycles. The summed E-state index contributed by atoms with van der Waals surface area (Å²) in [6, 6.07) is 6.20. The van der Waals surface area contributed by atoms with Crippen molar-refractivity contribution in [1.82, 2.24) is 15.4 Å². The normalized spacial score (nSPS) is 30.6. The van der Waals surface area contributed by atoms with Crippen LogP contribution in [0.25, 0.3) is 11.0 Å². The van der Waals surface area contributed by atoms with E-state index in [4.69, 9.17) is 4.52 Å². The molecule has 22 heavy (non-hydrogen) atoms. The summed E-state index contributed by atoms with van der Waals surface area (Å²) < 4.78 is 5.20. The molecule has 0 saturated carbocycles. The number of benzene rings is 1. The molecule has 1 aromatic carbocycles. The van der Waals surface area contributed by atoms with Crippen molar-refractivity contribution in [2.24, 2.45) is 5.92 Å². The lowest BCUT2D eigenvalue weighted by Crippen LogP contribution is -2.62. The lowest BCUT2D eigenvalue weighted by Gasteiger charge is -2.49. The molecule has 5 rings (SSSR count). The van der Waals surface area contributed by atoms with E-state index in [1.54, 1.807) is 0 Å². The fourth-order valence-electron chi connectivity index (χ4n) is 3.98. The molecule has 0 unspecified atom stereocenters. The first-order chi connectivity index (χ1) is 10.6. The second kappa shape index (κ2) is 5.09. The average molecular weight is 299 g/mol. The number of aryl methyl sites for hydroxylation is 1. The minimum atomic E-state index is 0.00750. The largest absolute Gasteiger partial charge is 0.356 e. The molecule has 116 valence electrons. The Hall–Kier alpha value is -1.88. The Morgan fingerprint density at radius 3 is 2.86 bits per heavy atom. The van der Waals surface area contributed by atoms with Gasteiger partial charge in [0, 0.05) is 23.0 Å². The SMILES string of the molecule is Cc1noc2ccc(C(=O)N[C@@H]3C4CCN(CC4)[C@H]3C)cc12. The van der Waals surface area contributed by atoms with Gasteiger partial charge in [0.2, 0.25) is 0 Å². The number of rotatable bonds is 2. The monoisotopic (exact) mass is 299 g/mol. The van der Waals surface area contributed by atoms with Crippen molar-refractivity contribution in [1.29, 1.82) is 0 Å². The number of nitrogens with zero attached hydrogens (tertiary/aromatic N) is 2. The molecule has 4 heterocycles. The summed E-state index contributed by atoms with van der Waals surface area (Å²) in [6.45, 7) is 6.46. The number of hydrogen-bond acceptors (Lipinski definition) is 4. The first-order valence-electron chi connectivity index (χ1n) is 8.04. The van der Waals surface area contributed by atoms with E-state index in [2.05, 4.69) is 22.3 Å². The van der Waals surface area contributed by atoms with Gasteiger partial charge in [0.15, 0.2) is 5.58 Å². The predicted molar refractivity (Wildman–Crippen MR) is 83.8 cm³/mol. The Labute approximate surface area is 129 Å². The van der Waals surface area contributed by atoms with Gasteiger partial charge in [0.05, 0.1) is 5.69 Å². The Balaban J connectivity index is 1.57. The highest BCUT2D eigenvalue weighted by Gasteiger charge is 2.40. The van der Waals surface area contributed by atoms with Gasteiger partial charge in [-0.15, -0.1) is 0 Å². The maximum Gasteiger partial charge on any atom is 0.251 e. The van der Waals surface area contributed by atoms with Crippen LogP contribution in [0.4, 0.5) is 0 Å². The Morgan fingerprint density at radius 2 is 2.14 bits per heavy atom. The Kier molecular flexibility index (Phi) is 3.18. The lowest BCUT2D eigenvalue weighted by molar-refractivity contribution is 0.0217. The highest BCUT2D eigenvalue weighted by molar-refractivity contribution is 5.98. The number of nitrogens with one attached hydrogen (secondary N) is 1. The number of carbonyl (C=O) groups is 1. The number of carbonyl (C=O) groups excluding carboxylic acids is 1. The van der Waals surface area contributed by atoms with Crippen molar-refractivity contribution in [2.45, 2.75) is 38.8 Å². The third kappa shape index (κ3) is 2.11. The summed E-state index contributed by atoms with van der Waals surface area (Å²) in [5.41, 5.74) is 2.23. The summed E-state index contributed by atoms with van der Waals surface area (Å²) >= 11 is 0. The summed E-state index contributed by atoms with van der Waals surface area (Å²) in [5.74, 6) is 0.623. The molecule has 1 amide bonds. The quantitative estimate of drug-likeness (QED) is 0.925. The third-order valence-corrected chi connectivity index (χ3v) is 5.39. The minimum Gasteiger partial charge on any atom is -0.356 e. The maximum absolute atomic E-state index is 12.6. The fraction of sp³-hybridized carbons (Fsp3) is 0.529. The standard InChI is InChI=1S/C17H21N3O2/c1-10-14-9-13(3-4-15(14)22-19-10)17(21)18-16-11(2)20-7-5-12(16)6-8-20/h3-4,9,11-12,16H,5-8H2,1-2H3,(H,18,21)/t11-,16-/m0/s1. The summed E-state index contributed by atoms with van der Waals surface area (Å²) in [6.07, 6.45) is 2.39. The van der Waals surface area contributed by atoms with Gasteiger partial charge >= 0.3 is 0 Å². The molecular weight excluding hydrogens is 278 g/mol. The number of piperidine rings is 3. The van der Waals surface area contributed by atoms with Crippen molar-refractivity contribution < 1.29 is 9.32 Å². The van der Waals surface area contributed by atoms with Crippen LogP contribution in [0.1, 0.15) is 35.8 Å². The topological polar surface area (TPSA) is 58.4 Å². The van der Waals surface area contributed by atoms with Crippen LogP contribution in [0.5, 0.6) is 0 Å². The second-order valence-electron chi connectivity index (χ2n) is 6.59. The third-order valence-electron chi connectivity index (χ3n) is 5.39. The molecule has 2 atom stereocenters. The van der Waals surface area contributed by atoms with Gasteiger partial charge < -0.3 is 9.84 Å². The zero-order valence-electron chi connectivity index (χ0n) is 13.0. The van der Waals surface area contributed by atoms with Crippen LogP contribution in [-0.2, 0) is 0 Å². The molecule has 3 saturated heterocycles. The van der Waals surface area contributed by atoms with E-state index in [1.165, 1.54) is 25.9 Å². The first kappa shape index (κ1) is 13.8. The first-order valence-corrected chi connectivity index (χ1v) is 8.04. The highest BCUT2D eigenvalue weighted by Crippen LogP contribution is 2.32. The van der Waals surface area contributed by atoms with Crippen LogP contribution in [0, 0.1) is 12.8 Å². The zero-order chi connectivity index (χ0) is 15.3. The van der Waals surface area contributed by atoms with E-state index in [-0.39, 0.29) is 11.9 Å². The van der Waals surface area contributed by atoms with E-state index in [0.717, 1.165) is 16.7 Å². The molecule has 3 fully saturated rings. The van der Waals surface area contributed by atoms with Crippen molar-refractivity contribution in [3.63, 3.8) is 0 Å². The molecule has 3 aliphatic rings. The van der Waals surface area contributed by atoms with E-state index in [9.17, 15) is 4.79 Å². The van der Waals surface area contributed by atoms with Gasteiger partial charge in [-0.25, -0.2) is 0 Å². The van der Waals surface area contributed by atoms with Crippen LogP contribution in [0.15, 0.2) is 22.7 Å². The highest BCUT2D eigenvalue weighted by atomic mass is 16.5. The average Bonchev–Trinajstić information content (AvgIpc) is 2.92. The molecular formula is C17H21N3O2. The number of amides is 1. The van der Waals surface area contributed by atoms with Gasteiger partial charge in [0.25, 0.3) is 5.91 Å². The summed E-state index contributed by atoms with van der Waals surface area (Å²) in [5, 5.41) is 8.11. The Bertz CT molecular complexity index is 714. The van der Waals surface area contributed by atoms with Gasteiger partial charge in [-0.05, 0) is 63.9 Å². The van der Waals surface area contributed by atoms with Gasteiger partial charge in [-0.3, -0.25) is 9.69 Å². The van der Waals surface area contributed by atoms with Crippen LogP contribution < -0.4 is 5.32 Å². The minimum absolute atomic E-state index is 0.00750. The number of hydrogen-bond donors (Lipinski definition) is 1. The molecule has 5 nitrogen and oxygen atoms in total. The number of fused-ring (bicyclic) bond motifs is 4. The summed E-state index contributed by atoms with van der Waals surface area (Å²) in [4.78, 5) is 15.1. The van der Waals surface area contributed by atoms with Crippen molar-refractivity contribution in [3.05, 3.63) is 29.5 Å². The van der Waals surface area contributed by atoms with E-state index < -0.39 is 0 Å². The molecule has 3 aliphatic heterocycles. The van der Waals surface area contributed by atoms with Crippen molar-refractivity contribution >= 4 is 16.9 Å². The van der Waals surface area contributed by atoms with Crippen LogP contribution in [-0.4, -0.2) is 41.1 Å². The van der Waals surface area contributed by atoms with Gasteiger partial charge in [-0.2, -0.15) is 0 Å². The zero-order valence-corrected chi connectivity index (χ0v) is 13.0. The molecule has 0 spiro atoms. The van der Waals surface area contributed by atoms with E-state index in [0.29, 0.717) is 17.5 Å². The second-order valence-corrected chi connectivity index (χ2v) is 6.59. The van der Waals surface area contributed by atoms with Crippen LogP contribution in [0.2, 0.25) is 0 Å². The lowest BCUT2D eigenvalue weighted by atomic mass is 9.79. The van der Waals surface area contributed by atoms with Crippen molar-refractivity contribution in [2.75, 3.05) is 13.1 Å². The molecule has 0 aliphatic carbocycles. The van der Waals surface area contributed by atoms with E-state index >= 15 is 0 Å². The maximum atomic E-state index is 12.6. The molecule has 2 bridgehead atoms. The van der Waals surface area contributed by atoms with Crippen LogP contribution in [0.3, 0.4) is 0 Å². The Morgan fingerprint density at radius 1 is 1.36 bits per heavy atom. The van der Waals surface area contributed by atoms with E-state index in [1.807, 2.05) is 25.1 Å². The molecule has 1 N–H and O–H groups in total. The molecule has 5 heteroatoms.